The third-order valence-corrected chi connectivity index (χ3v) is 1.80. The number of aromatic carboxylic acids is 1. The van der Waals surface area contributed by atoms with Crippen LogP contribution in [0.2, 0.25) is 0 Å². The lowest BCUT2D eigenvalue weighted by molar-refractivity contribution is 0.0697. The fraction of sp³-hybridized carbons (Fsp3) is 0.111. The molecule has 0 atom stereocenters. The van der Waals surface area contributed by atoms with Crippen molar-refractivity contribution >= 4 is 5.97 Å². The number of carbonyl (C=O) groups is 1. The van der Waals surface area contributed by atoms with Crippen molar-refractivity contribution in [1.82, 2.24) is 19.7 Å². The van der Waals surface area contributed by atoms with Crippen LogP contribution in [0.15, 0.2) is 24.8 Å². The summed E-state index contributed by atoms with van der Waals surface area (Å²) in [6, 6.07) is 0. The SMILES string of the molecule is Cc1cnc(-n2cc(C(=O)O)cn2)nc1. The maximum absolute atomic E-state index is 10.6. The van der Waals surface area contributed by atoms with Crippen molar-refractivity contribution in [2.24, 2.45) is 0 Å². The van der Waals surface area contributed by atoms with Gasteiger partial charge in [-0.25, -0.2) is 19.4 Å². The third kappa shape index (κ3) is 1.83. The van der Waals surface area contributed by atoms with Crippen molar-refractivity contribution < 1.29 is 9.90 Å². The van der Waals surface area contributed by atoms with Gasteiger partial charge in [-0.05, 0) is 12.5 Å². The van der Waals surface area contributed by atoms with E-state index >= 15 is 0 Å². The fourth-order valence-electron chi connectivity index (χ4n) is 1.05. The zero-order valence-electron chi connectivity index (χ0n) is 7.95. The van der Waals surface area contributed by atoms with Gasteiger partial charge < -0.3 is 5.11 Å². The van der Waals surface area contributed by atoms with Gasteiger partial charge in [0.1, 0.15) is 0 Å². The van der Waals surface area contributed by atoms with Crippen molar-refractivity contribution in [2.45, 2.75) is 6.92 Å². The largest absolute Gasteiger partial charge is 0.478 e. The van der Waals surface area contributed by atoms with Gasteiger partial charge in [-0.3, -0.25) is 0 Å². The minimum Gasteiger partial charge on any atom is -0.478 e. The molecule has 0 spiro atoms. The van der Waals surface area contributed by atoms with Gasteiger partial charge >= 0.3 is 5.97 Å². The van der Waals surface area contributed by atoms with Crippen molar-refractivity contribution in [1.29, 1.82) is 0 Å². The Hall–Kier alpha value is -2.24. The molecule has 2 aromatic heterocycles. The van der Waals surface area contributed by atoms with Gasteiger partial charge in [0, 0.05) is 18.6 Å². The highest BCUT2D eigenvalue weighted by molar-refractivity contribution is 5.86. The summed E-state index contributed by atoms with van der Waals surface area (Å²) in [5.41, 5.74) is 1.04. The molecule has 0 bridgehead atoms. The first kappa shape index (κ1) is 9.32. The summed E-state index contributed by atoms with van der Waals surface area (Å²) in [5, 5.41) is 12.5. The quantitative estimate of drug-likeness (QED) is 0.777. The van der Waals surface area contributed by atoms with Crippen LogP contribution in [0.1, 0.15) is 15.9 Å². The molecule has 0 radical (unpaired) electrons. The minimum absolute atomic E-state index is 0.110. The highest BCUT2D eigenvalue weighted by Gasteiger charge is 2.07. The van der Waals surface area contributed by atoms with Crippen LogP contribution in [-0.4, -0.2) is 30.8 Å². The second-order valence-corrected chi connectivity index (χ2v) is 3.04. The Morgan fingerprint density at radius 3 is 2.53 bits per heavy atom. The summed E-state index contributed by atoms with van der Waals surface area (Å²) >= 11 is 0. The second kappa shape index (κ2) is 3.49. The first-order valence-electron chi connectivity index (χ1n) is 4.24. The molecule has 2 heterocycles. The van der Waals surface area contributed by atoms with E-state index in [2.05, 4.69) is 15.1 Å². The smallest absolute Gasteiger partial charge is 0.338 e. The average Bonchev–Trinajstić information content (AvgIpc) is 2.68. The lowest BCUT2D eigenvalue weighted by Gasteiger charge is -1.97. The zero-order chi connectivity index (χ0) is 10.8. The van der Waals surface area contributed by atoms with Crippen molar-refractivity contribution in [3.05, 3.63) is 35.9 Å². The van der Waals surface area contributed by atoms with Crippen LogP contribution in [0.5, 0.6) is 0 Å². The number of aryl methyl sites for hydroxylation is 1. The monoisotopic (exact) mass is 204 g/mol. The molecular formula is C9H8N4O2. The number of carboxylic acids is 1. The Morgan fingerprint density at radius 1 is 1.33 bits per heavy atom. The molecule has 0 aliphatic carbocycles. The Bertz CT molecular complexity index is 489. The second-order valence-electron chi connectivity index (χ2n) is 3.04. The summed E-state index contributed by atoms with van der Waals surface area (Å²) in [6.45, 7) is 1.87. The van der Waals surface area contributed by atoms with Gasteiger partial charge in [0.15, 0.2) is 0 Å². The third-order valence-electron chi connectivity index (χ3n) is 1.80. The molecule has 0 amide bonds. The van der Waals surface area contributed by atoms with Gasteiger partial charge in [-0.1, -0.05) is 0 Å². The van der Waals surface area contributed by atoms with E-state index in [1.54, 1.807) is 12.4 Å². The molecule has 0 saturated heterocycles. The number of aromatic nitrogens is 4. The Labute approximate surface area is 85.2 Å². The summed E-state index contributed by atoms with van der Waals surface area (Å²) < 4.78 is 1.32. The van der Waals surface area contributed by atoms with Crippen LogP contribution in [-0.2, 0) is 0 Å². The van der Waals surface area contributed by atoms with Crippen LogP contribution >= 0.6 is 0 Å². The van der Waals surface area contributed by atoms with Gasteiger partial charge in [0.2, 0.25) is 5.95 Å². The lowest BCUT2D eigenvalue weighted by Crippen LogP contribution is -2.01. The van der Waals surface area contributed by atoms with E-state index in [1.807, 2.05) is 6.92 Å². The van der Waals surface area contributed by atoms with Crippen molar-refractivity contribution in [2.75, 3.05) is 0 Å². The van der Waals surface area contributed by atoms with E-state index in [1.165, 1.54) is 17.1 Å². The number of nitrogens with zero attached hydrogens (tertiary/aromatic N) is 4. The molecule has 0 aliphatic rings. The topological polar surface area (TPSA) is 80.9 Å². The van der Waals surface area contributed by atoms with Gasteiger partial charge in [-0.15, -0.1) is 0 Å². The van der Waals surface area contributed by atoms with Crippen LogP contribution in [0.25, 0.3) is 5.95 Å². The summed E-state index contributed by atoms with van der Waals surface area (Å²) in [7, 11) is 0. The first-order valence-corrected chi connectivity index (χ1v) is 4.24. The summed E-state index contributed by atoms with van der Waals surface area (Å²) in [5.74, 6) is -0.665. The molecule has 0 saturated carbocycles. The lowest BCUT2D eigenvalue weighted by atomic mass is 10.4. The van der Waals surface area contributed by atoms with E-state index in [-0.39, 0.29) is 5.56 Å². The standard InChI is InChI=1S/C9H8N4O2/c1-6-2-10-9(11-3-6)13-5-7(4-12-13)8(14)15/h2-5H,1H3,(H,14,15). The molecule has 0 aliphatic heterocycles. The minimum atomic E-state index is -1.02. The molecule has 1 N–H and O–H groups in total. The predicted octanol–water partition coefficient (Wildman–Crippen LogP) is 0.669. The van der Waals surface area contributed by atoms with E-state index in [0.29, 0.717) is 5.95 Å². The average molecular weight is 204 g/mol. The molecule has 0 fully saturated rings. The number of carboxylic acid groups (broad SMARTS) is 1. The highest BCUT2D eigenvalue weighted by Crippen LogP contribution is 2.03. The molecule has 2 rings (SSSR count). The molecule has 6 heteroatoms. The Kier molecular flexibility index (Phi) is 2.17. The normalized spacial score (nSPS) is 10.2. The number of rotatable bonds is 2. The molecule has 15 heavy (non-hydrogen) atoms. The number of hydrogen-bond acceptors (Lipinski definition) is 4. The maximum atomic E-state index is 10.6. The summed E-state index contributed by atoms with van der Waals surface area (Å²) in [4.78, 5) is 18.6. The van der Waals surface area contributed by atoms with E-state index < -0.39 is 5.97 Å². The van der Waals surface area contributed by atoms with E-state index in [9.17, 15) is 4.79 Å². The Balaban J connectivity index is 2.37. The first-order chi connectivity index (χ1) is 7.16. The predicted molar refractivity (Wildman–Crippen MR) is 50.9 cm³/mol. The van der Waals surface area contributed by atoms with Crippen LogP contribution in [0, 0.1) is 6.92 Å². The van der Waals surface area contributed by atoms with Crippen LogP contribution in [0.3, 0.4) is 0 Å². The van der Waals surface area contributed by atoms with Crippen molar-refractivity contribution in [3.8, 4) is 5.95 Å². The number of hydrogen-bond donors (Lipinski definition) is 1. The molecule has 76 valence electrons. The van der Waals surface area contributed by atoms with Crippen LogP contribution in [0.4, 0.5) is 0 Å². The molecule has 0 aromatic carbocycles. The van der Waals surface area contributed by atoms with Gasteiger partial charge in [0.05, 0.1) is 11.8 Å². The highest BCUT2D eigenvalue weighted by atomic mass is 16.4. The van der Waals surface area contributed by atoms with Crippen LogP contribution < -0.4 is 0 Å². The van der Waals surface area contributed by atoms with Gasteiger partial charge in [0.25, 0.3) is 0 Å². The van der Waals surface area contributed by atoms with Crippen molar-refractivity contribution in [3.63, 3.8) is 0 Å². The molecule has 6 nitrogen and oxygen atoms in total. The molecular weight excluding hydrogens is 196 g/mol. The molecule has 0 unspecified atom stereocenters. The zero-order valence-corrected chi connectivity index (χ0v) is 7.95. The maximum Gasteiger partial charge on any atom is 0.338 e. The van der Waals surface area contributed by atoms with E-state index in [4.69, 9.17) is 5.11 Å². The fourth-order valence-corrected chi connectivity index (χ4v) is 1.05. The Morgan fingerprint density at radius 2 is 2.00 bits per heavy atom. The molecule has 2 aromatic rings. The van der Waals surface area contributed by atoms with Gasteiger partial charge in [-0.2, -0.15) is 5.10 Å². The van der Waals surface area contributed by atoms with E-state index in [0.717, 1.165) is 5.56 Å². The summed E-state index contributed by atoms with van der Waals surface area (Å²) in [6.07, 6.45) is 5.91.